The number of benzene rings is 2. The molecule has 170 valence electrons. The van der Waals surface area contributed by atoms with Crippen LogP contribution in [-0.2, 0) is 4.79 Å². The van der Waals surface area contributed by atoms with E-state index in [0.717, 1.165) is 11.6 Å². The first-order valence-corrected chi connectivity index (χ1v) is 11.9. The molecule has 33 heavy (non-hydrogen) atoms. The highest BCUT2D eigenvalue weighted by Crippen LogP contribution is 2.35. The van der Waals surface area contributed by atoms with Crippen LogP contribution >= 0.6 is 11.8 Å². The fraction of sp³-hybridized carbons (Fsp3) is 0.292. The number of hydrogen-bond donors (Lipinski definition) is 3. The number of nitrogens with one attached hydrogen (secondary N) is 3. The van der Waals surface area contributed by atoms with Crippen LogP contribution < -0.4 is 16.2 Å². The lowest BCUT2D eigenvalue weighted by atomic mass is 9.99. The summed E-state index contributed by atoms with van der Waals surface area (Å²) in [4.78, 5) is 26.1. The smallest absolute Gasteiger partial charge is 0.234 e. The van der Waals surface area contributed by atoms with Crippen LogP contribution in [0.2, 0.25) is 0 Å². The molecule has 9 heteroatoms. The minimum Gasteiger partial charge on any atom is -0.325 e. The largest absolute Gasteiger partial charge is 0.325 e. The number of anilines is 1. The van der Waals surface area contributed by atoms with Crippen molar-refractivity contribution in [2.45, 2.75) is 38.5 Å². The Morgan fingerprint density at radius 1 is 1.18 bits per heavy atom. The average molecular weight is 463 g/mol. The van der Waals surface area contributed by atoms with E-state index in [1.54, 1.807) is 24.3 Å². The van der Waals surface area contributed by atoms with E-state index < -0.39 is 0 Å². The normalized spacial score (nSPS) is 23.0. The van der Waals surface area contributed by atoms with Crippen molar-refractivity contribution in [2.75, 3.05) is 11.1 Å². The third-order valence-electron chi connectivity index (χ3n) is 6.07. The average Bonchev–Trinajstić information content (AvgIpc) is 3.42. The summed E-state index contributed by atoms with van der Waals surface area (Å²) in [6, 6.07) is 16.1. The van der Waals surface area contributed by atoms with Crippen molar-refractivity contribution in [3.63, 3.8) is 0 Å². The molecular weight excluding hydrogens is 436 g/mol. The van der Waals surface area contributed by atoms with Gasteiger partial charge in [0.25, 0.3) is 0 Å². The molecule has 1 fully saturated rings. The lowest BCUT2D eigenvalue weighted by Crippen LogP contribution is -2.54. The molecule has 3 aliphatic rings. The molecule has 3 N–H and O–H groups in total. The van der Waals surface area contributed by atoms with Gasteiger partial charge in [0, 0.05) is 23.7 Å². The van der Waals surface area contributed by atoms with Crippen molar-refractivity contribution < 1.29 is 9.59 Å². The Bertz CT molecular complexity index is 1130. The molecule has 0 aromatic heterocycles. The van der Waals surface area contributed by atoms with Crippen molar-refractivity contribution in [2.24, 2.45) is 5.10 Å². The highest BCUT2D eigenvalue weighted by atomic mass is 32.2. The third-order valence-corrected chi connectivity index (χ3v) is 7.04. The number of carbonyl (C=O) groups excluding carboxylic acids is 2. The number of aryl methyl sites for hydroxylation is 1. The molecule has 0 radical (unpaired) electrons. The van der Waals surface area contributed by atoms with Gasteiger partial charge in [-0.25, -0.2) is 5.43 Å². The monoisotopic (exact) mass is 462 g/mol. The molecule has 3 unspecified atom stereocenters. The number of ketones is 1. The van der Waals surface area contributed by atoms with E-state index in [2.05, 4.69) is 62.4 Å². The molecule has 0 bridgehead atoms. The SMILES string of the molecule is CC(=O)c1cccc(NC(=O)CSC2=NNC3C4CC(c5ccc(C)cc5)NN4C=CN23)c1. The van der Waals surface area contributed by atoms with Gasteiger partial charge in [0.1, 0.15) is 6.17 Å². The molecule has 0 spiro atoms. The van der Waals surface area contributed by atoms with Gasteiger partial charge in [0.2, 0.25) is 5.91 Å². The van der Waals surface area contributed by atoms with Crippen LogP contribution in [-0.4, -0.2) is 44.7 Å². The predicted octanol–water partition coefficient (Wildman–Crippen LogP) is 3.18. The molecule has 0 saturated carbocycles. The zero-order chi connectivity index (χ0) is 22.9. The van der Waals surface area contributed by atoms with Crippen LogP contribution in [0.3, 0.4) is 0 Å². The van der Waals surface area contributed by atoms with Gasteiger partial charge in [-0.05, 0) is 38.0 Å². The van der Waals surface area contributed by atoms with Gasteiger partial charge < -0.3 is 15.2 Å². The number of nitrogens with zero attached hydrogens (tertiary/aromatic N) is 3. The summed E-state index contributed by atoms with van der Waals surface area (Å²) in [6.07, 6.45) is 4.98. The first kappa shape index (κ1) is 21.5. The van der Waals surface area contributed by atoms with Crippen molar-refractivity contribution in [3.8, 4) is 0 Å². The van der Waals surface area contributed by atoms with E-state index in [9.17, 15) is 9.59 Å². The second-order valence-corrected chi connectivity index (χ2v) is 9.39. The molecule has 3 heterocycles. The highest BCUT2D eigenvalue weighted by molar-refractivity contribution is 8.14. The Labute approximate surface area is 197 Å². The molecule has 3 aliphatic heterocycles. The van der Waals surface area contributed by atoms with Crippen molar-refractivity contribution in [3.05, 3.63) is 77.6 Å². The van der Waals surface area contributed by atoms with Gasteiger partial charge in [-0.1, -0.05) is 53.7 Å². The highest BCUT2D eigenvalue weighted by Gasteiger charge is 2.44. The number of Topliss-reactive ketones (excluding diaryl/α,β-unsaturated/α-hetero) is 1. The maximum atomic E-state index is 12.5. The number of hydrazone groups is 1. The van der Waals surface area contributed by atoms with E-state index >= 15 is 0 Å². The first-order chi connectivity index (χ1) is 16.0. The number of rotatable bonds is 5. The maximum Gasteiger partial charge on any atom is 0.234 e. The lowest BCUT2D eigenvalue weighted by Gasteiger charge is -2.36. The molecule has 1 amide bonds. The second kappa shape index (κ2) is 8.92. The van der Waals surface area contributed by atoms with E-state index in [4.69, 9.17) is 0 Å². The number of carbonyl (C=O) groups is 2. The van der Waals surface area contributed by atoms with Crippen molar-refractivity contribution in [1.82, 2.24) is 20.8 Å². The van der Waals surface area contributed by atoms with Crippen LogP contribution in [0.25, 0.3) is 0 Å². The van der Waals surface area contributed by atoms with Crippen LogP contribution in [0.5, 0.6) is 0 Å². The van der Waals surface area contributed by atoms with Crippen LogP contribution in [0.15, 0.2) is 66.0 Å². The van der Waals surface area contributed by atoms with Crippen molar-refractivity contribution >= 4 is 34.3 Å². The molecule has 5 rings (SSSR count). The quantitative estimate of drug-likeness (QED) is 0.588. The molecule has 8 nitrogen and oxygen atoms in total. The molecule has 3 atom stereocenters. The summed E-state index contributed by atoms with van der Waals surface area (Å²) in [5.74, 6) is 0.0480. The summed E-state index contributed by atoms with van der Waals surface area (Å²) >= 11 is 1.38. The maximum absolute atomic E-state index is 12.5. The lowest BCUT2D eigenvalue weighted by molar-refractivity contribution is -0.113. The fourth-order valence-electron chi connectivity index (χ4n) is 4.31. The van der Waals surface area contributed by atoms with Gasteiger partial charge in [-0.15, -0.1) is 0 Å². The van der Waals surface area contributed by atoms with Crippen LogP contribution in [0.4, 0.5) is 5.69 Å². The van der Waals surface area contributed by atoms with Crippen LogP contribution in [0, 0.1) is 6.92 Å². The Kier molecular flexibility index (Phi) is 5.82. The Morgan fingerprint density at radius 3 is 2.79 bits per heavy atom. The topological polar surface area (TPSA) is 89.1 Å². The van der Waals surface area contributed by atoms with Crippen LogP contribution in [0.1, 0.15) is 40.9 Å². The van der Waals surface area contributed by atoms with Gasteiger partial charge in [-0.3, -0.25) is 15.0 Å². The molecule has 1 saturated heterocycles. The zero-order valence-electron chi connectivity index (χ0n) is 18.5. The van der Waals surface area contributed by atoms with Crippen molar-refractivity contribution in [1.29, 1.82) is 0 Å². The summed E-state index contributed by atoms with van der Waals surface area (Å²) in [6.45, 7) is 3.60. The Hall–Kier alpha value is -3.30. The number of hydrogen-bond acceptors (Lipinski definition) is 8. The molecular formula is C24H26N6O2S. The minimum absolute atomic E-state index is 0.00996. The Balaban J connectivity index is 1.17. The number of thioether (sulfide) groups is 1. The summed E-state index contributed by atoms with van der Waals surface area (Å²) in [5, 5.41) is 10.3. The third kappa shape index (κ3) is 4.46. The zero-order valence-corrected chi connectivity index (χ0v) is 19.3. The fourth-order valence-corrected chi connectivity index (χ4v) is 5.08. The predicted molar refractivity (Wildman–Crippen MR) is 130 cm³/mol. The number of amidine groups is 1. The van der Waals surface area contributed by atoms with E-state index in [0.29, 0.717) is 11.3 Å². The van der Waals surface area contributed by atoms with E-state index in [1.807, 2.05) is 12.4 Å². The minimum atomic E-state index is -0.142. The van der Waals surface area contributed by atoms with E-state index in [-0.39, 0.29) is 35.7 Å². The number of amides is 1. The first-order valence-electron chi connectivity index (χ1n) is 10.9. The van der Waals surface area contributed by atoms with Gasteiger partial charge in [0.15, 0.2) is 11.0 Å². The summed E-state index contributed by atoms with van der Waals surface area (Å²) in [5.41, 5.74) is 10.5. The van der Waals surface area contributed by atoms with Gasteiger partial charge >= 0.3 is 0 Å². The standard InChI is InChI=1S/C24H26N6O2S/c1-15-6-8-17(9-7-15)20-13-21-23-26-27-24(29(23)10-11-30(21)28-20)33-14-22(32)25-19-5-3-4-18(12-19)16(2)31/h3-12,20-21,23,26,28H,13-14H2,1-2H3,(H,25,32). The van der Waals surface area contributed by atoms with Gasteiger partial charge in [-0.2, -0.15) is 5.10 Å². The Morgan fingerprint density at radius 2 is 2.00 bits per heavy atom. The molecule has 2 aromatic carbocycles. The van der Waals surface area contributed by atoms with Gasteiger partial charge in [0.05, 0.1) is 17.8 Å². The number of fused-ring (bicyclic) bond motifs is 3. The summed E-state index contributed by atoms with van der Waals surface area (Å²) in [7, 11) is 0. The number of hydrazine groups is 1. The molecule has 0 aliphatic carbocycles. The van der Waals surface area contributed by atoms with E-state index in [1.165, 1.54) is 29.8 Å². The second-order valence-electron chi connectivity index (χ2n) is 8.45. The summed E-state index contributed by atoms with van der Waals surface area (Å²) < 4.78 is 0. The molecule has 2 aromatic rings.